The van der Waals surface area contributed by atoms with Crippen molar-refractivity contribution in [3.63, 3.8) is 0 Å². The van der Waals surface area contributed by atoms with Gasteiger partial charge >= 0.3 is 0 Å². The van der Waals surface area contributed by atoms with Gasteiger partial charge in [-0.25, -0.2) is 18.4 Å². The molecule has 1 atom stereocenters. The lowest BCUT2D eigenvalue weighted by molar-refractivity contribution is -0.119. The van der Waals surface area contributed by atoms with Crippen LogP contribution < -0.4 is 10.6 Å². The van der Waals surface area contributed by atoms with Gasteiger partial charge < -0.3 is 10.6 Å². The lowest BCUT2D eigenvalue weighted by atomic mass is 9.98. The molecule has 0 unspecified atom stereocenters. The van der Waals surface area contributed by atoms with Crippen LogP contribution in [-0.4, -0.2) is 60.0 Å². The van der Waals surface area contributed by atoms with E-state index in [2.05, 4.69) is 50.5 Å². The van der Waals surface area contributed by atoms with E-state index in [9.17, 15) is 13.2 Å². The SMILES string of the molecule is C=NC(=Nc1cccc(-c2ccccc2)c1CNCc1ccccn1)c1cncc(NC(=O)[C@@H]2CCCN2S(C)(=O)=O)c1. The summed E-state index contributed by atoms with van der Waals surface area (Å²) in [4.78, 5) is 30.8. The molecule has 0 radical (unpaired) electrons. The molecule has 1 fully saturated rings. The summed E-state index contributed by atoms with van der Waals surface area (Å²) in [5, 5.41) is 6.30. The van der Waals surface area contributed by atoms with Crippen LogP contribution in [0.1, 0.15) is 29.7 Å². The number of sulfonamides is 1. The fraction of sp³-hybridized carbons (Fsp3) is 0.219. The number of hydrogen-bond donors (Lipinski definition) is 2. The predicted octanol–water partition coefficient (Wildman–Crippen LogP) is 4.57. The van der Waals surface area contributed by atoms with E-state index in [4.69, 9.17) is 4.99 Å². The van der Waals surface area contributed by atoms with Gasteiger partial charge in [0.2, 0.25) is 15.9 Å². The highest BCUT2D eigenvalue weighted by atomic mass is 32.2. The first kappa shape index (κ1) is 29.9. The Morgan fingerprint density at radius 2 is 1.86 bits per heavy atom. The van der Waals surface area contributed by atoms with Crippen LogP contribution in [-0.2, 0) is 27.9 Å². The molecule has 10 nitrogen and oxygen atoms in total. The summed E-state index contributed by atoms with van der Waals surface area (Å²) in [5.74, 6) is -0.0674. The van der Waals surface area contributed by atoms with Crippen LogP contribution >= 0.6 is 0 Å². The third kappa shape index (κ3) is 7.44. The number of carbonyl (C=O) groups excluding carboxylic acids is 1. The van der Waals surface area contributed by atoms with E-state index < -0.39 is 22.0 Å². The number of aliphatic imine (C=N–C) groups is 2. The zero-order valence-corrected chi connectivity index (χ0v) is 24.7. The van der Waals surface area contributed by atoms with Crippen molar-refractivity contribution in [2.24, 2.45) is 9.98 Å². The van der Waals surface area contributed by atoms with Gasteiger partial charge in [-0.15, -0.1) is 0 Å². The van der Waals surface area contributed by atoms with E-state index in [1.807, 2.05) is 48.5 Å². The second-order valence-electron chi connectivity index (χ2n) is 10.2. The molecule has 1 saturated heterocycles. The van der Waals surface area contributed by atoms with Crippen molar-refractivity contribution in [3.05, 3.63) is 108 Å². The number of anilines is 1. The number of amides is 1. The van der Waals surface area contributed by atoms with Crippen molar-refractivity contribution in [1.29, 1.82) is 0 Å². The van der Waals surface area contributed by atoms with Crippen molar-refractivity contribution in [3.8, 4) is 11.1 Å². The summed E-state index contributed by atoms with van der Waals surface area (Å²) >= 11 is 0. The van der Waals surface area contributed by atoms with Gasteiger partial charge in [0, 0.05) is 37.6 Å². The maximum absolute atomic E-state index is 13.0. The molecular weight excluding hydrogens is 562 g/mol. The quantitative estimate of drug-likeness (QED) is 0.204. The van der Waals surface area contributed by atoms with E-state index in [-0.39, 0.29) is 0 Å². The maximum Gasteiger partial charge on any atom is 0.242 e. The van der Waals surface area contributed by atoms with E-state index in [0.29, 0.717) is 55.2 Å². The highest BCUT2D eigenvalue weighted by Gasteiger charge is 2.36. The van der Waals surface area contributed by atoms with Crippen molar-refractivity contribution < 1.29 is 13.2 Å². The largest absolute Gasteiger partial charge is 0.323 e. The minimum absolute atomic E-state index is 0.327. The monoisotopic (exact) mass is 595 g/mol. The van der Waals surface area contributed by atoms with Gasteiger partial charge in [-0.2, -0.15) is 4.31 Å². The second-order valence-corrected chi connectivity index (χ2v) is 12.1. The molecular formula is C32H33N7O3S. The number of nitrogens with zero attached hydrogens (tertiary/aromatic N) is 5. The molecule has 2 N–H and O–H groups in total. The number of nitrogens with one attached hydrogen (secondary N) is 2. The van der Waals surface area contributed by atoms with Gasteiger partial charge in [-0.05, 0) is 60.5 Å². The molecule has 11 heteroatoms. The van der Waals surface area contributed by atoms with Crippen molar-refractivity contribution >= 4 is 39.9 Å². The molecule has 1 aliphatic heterocycles. The van der Waals surface area contributed by atoms with Crippen molar-refractivity contribution in [2.75, 3.05) is 18.1 Å². The van der Waals surface area contributed by atoms with Crippen molar-refractivity contribution in [1.82, 2.24) is 19.6 Å². The summed E-state index contributed by atoms with van der Waals surface area (Å²) in [6, 6.07) is 22.8. The predicted molar refractivity (Wildman–Crippen MR) is 170 cm³/mol. The average Bonchev–Trinajstić information content (AvgIpc) is 3.53. The summed E-state index contributed by atoms with van der Waals surface area (Å²) in [7, 11) is -3.49. The molecule has 1 aliphatic rings. The zero-order chi connectivity index (χ0) is 30.2. The smallest absolute Gasteiger partial charge is 0.242 e. The minimum Gasteiger partial charge on any atom is -0.323 e. The second kappa shape index (κ2) is 13.6. The van der Waals surface area contributed by atoms with Crippen LogP contribution in [0.3, 0.4) is 0 Å². The Morgan fingerprint density at radius 1 is 1.05 bits per heavy atom. The van der Waals surface area contributed by atoms with Crippen molar-refractivity contribution in [2.45, 2.75) is 32.0 Å². The Balaban J connectivity index is 1.43. The zero-order valence-electron chi connectivity index (χ0n) is 23.8. The van der Waals surface area contributed by atoms with E-state index in [0.717, 1.165) is 28.6 Å². The molecule has 43 heavy (non-hydrogen) atoms. The molecule has 4 aromatic rings. The van der Waals surface area contributed by atoms with E-state index >= 15 is 0 Å². The number of rotatable bonds is 10. The summed E-state index contributed by atoms with van der Waals surface area (Å²) < 4.78 is 25.5. The topological polar surface area (TPSA) is 129 Å². The third-order valence-corrected chi connectivity index (χ3v) is 8.43. The molecule has 0 spiro atoms. The normalized spacial score (nSPS) is 15.7. The maximum atomic E-state index is 13.0. The van der Waals surface area contributed by atoms with Crippen LogP contribution in [0.25, 0.3) is 11.1 Å². The first-order valence-electron chi connectivity index (χ1n) is 13.9. The van der Waals surface area contributed by atoms with Crippen LogP contribution in [0.4, 0.5) is 11.4 Å². The summed E-state index contributed by atoms with van der Waals surface area (Å²) in [5.41, 5.74) is 5.67. The van der Waals surface area contributed by atoms with Gasteiger partial charge in [0.15, 0.2) is 5.84 Å². The lowest BCUT2D eigenvalue weighted by Gasteiger charge is -2.21. The molecule has 1 amide bonds. The van der Waals surface area contributed by atoms with Crippen LogP contribution in [0.15, 0.2) is 101 Å². The number of amidine groups is 1. The highest BCUT2D eigenvalue weighted by molar-refractivity contribution is 7.88. The lowest BCUT2D eigenvalue weighted by Crippen LogP contribution is -2.42. The first-order chi connectivity index (χ1) is 20.8. The summed E-state index contributed by atoms with van der Waals surface area (Å²) in [6.45, 7) is 5.18. The Hall–Kier alpha value is -4.58. The molecule has 3 heterocycles. The third-order valence-electron chi connectivity index (χ3n) is 7.14. The van der Waals surface area contributed by atoms with Crippen LogP contribution in [0.2, 0.25) is 0 Å². The number of hydrogen-bond acceptors (Lipinski definition) is 7. The molecule has 2 aromatic heterocycles. The fourth-order valence-corrected chi connectivity index (χ4v) is 6.26. The molecule has 220 valence electrons. The fourth-order valence-electron chi connectivity index (χ4n) is 5.13. The molecule has 0 bridgehead atoms. The summed E-state index contributed by atoms with van der Waals surface area (Å²) in [6.07, 6.45) is 7.08. The van der Waals surface area contributed by atoms with E-state index in [1.54, 1.807) is 18.5 Å². The highest BCUT2D eigenvalue weighted by Crippen LogP contribution is 2.32. The number of pyridine rings is 2. The average molecular weight is 596 g/mol. The van der Waals surface area contributed by atoms with E-state index in [1.165, 1.54) is 10.5 Å². The molecule has 5 rings (SSSR count). The van der Waals surface area contributed by atoms with Gasteiger partial charge in [0.05, 0.1) is 29.5 Å². The molecule has 0 aliphatic carbocycles. The molecule has 2 aromatic carbocycles. The number of carbonyl (C=O) groups is 1. The minimum atomic E-state index is -3.49. The van der Waals surface area contributed by atoms with Gasteiger partial charge in [0.1, 0.15) is 6.04 Å². The molecule has 0 saturated carbocycles. The standard InChI is InChI=1S/C32H33N7O3S/c1-33-31(24-18-26(21-34-19-24)37-32(40)30-15-9-17-39(30)43(2,41)42)38-29-14-8-13-27(23-10-4-3-5-11-23)28(29)22-35-20-25-12-6-7-16-36-25/h3-8,10-14,16,18-19,21,30,35H,1,9,15,17,20,22H2,2H3,(H,37,40)/t30-/m0/s1. The Kier molecular flexibility index (Phi) is 9.45. The number of aromatic nitrogens is 2. The van der Waals surface area contributed by atoms with Crippen LogP contribution in [0, 0.1) is 0 Å². The Labute approximate surface area is 251 Å². The van der Waals surface area contributed by atoms with Crippen LogP contribution in [0.5, 0.6) is 0 Å². The number of benzene rings is 2. The van der Waals surface area contributed by atoms with Gasteiger partial charge in [0.25, 0.3) is 0 Å². The van der Waals surface area contributed by atoms with Gasteiger partial charge in [-0.1, -0.05) is 48.5 Å². The Morgan fingerprint density at radius 3 is 2.60 bits per heavy atom. The Bertz CT molecular complexity index is 1730. The van der Waals surface area contributed by atoms with Gasteiger partial charge in [-0.3, -0.25) is 14.8 Å². The first-order valence-corrected chi connectivity index (χ1v) is 15.7.